The minimum absolute atomic E-state index is 0.0997. The predicted molar refractivity (Wildman–Crippen MR) is 104 cm³/mol. The summed E-state index contributed by atoms with van der Waals surface area (Å²) in [4.78, 5) is 23.5. The van der Waals surface area contributed by atoms with Gasteiger partial charge in [-0.05, 0) is 50.5 Å². The van der Waals surface area contributed by atoms with Crippen LogP contribution in [0.3, 0.4) is 0 Å². The zero-order chi connectivity index (χ0) is 19.0. The van der Waals surface area contributed by atoms with E-state index in [1.54, 1.807) is 0 Å². The van der Waals surface area contributed by atoms with Gasteiger partial charge in [0, 0.05) is 17.6 Å². The van der Waals surface area contributed by atoms with Crippen molar-refractivity contribution >= 4 is 17.7 Å². The fourth-order valence-electron chi connectivity index (χ4n) is 2.34. The third-order valence-corrected chi connectivity index (χ3v) is 3.53. The maximum atomic E-state index is 12.0. The highest BCUT2D eigenvalue weighted by Gasteiger charge is 2.14. The first-order chi connectivity index (χ1) is 12.3. The first-order valence-electron chi connectivity index (χ1n) is 8.74. The van der Waals surface area contributed by atoms with Gasteiger partial charge in [0.1, 0.15) is 0 Å². The molecule has 0 spiro atoms. The number of benzene rings is 2. The predicted octanol–water partition coefficient (Wildman–Crippen LogP) is 4.60. The Morgan fingerprint density at radius 1 is 0.923 bits per heavy atom. The second kappa shape index (κ2) is 9.04. The summed E-state index contributed by atoms with van der Waals surface area (Å²) in [6, 6.07) is 17.8. The second-order valence-corrected chi connectivity index (χ2v) is 7.11. The zero-order valence-electron chi connectivity index (χ0n) is 15.5. The third kappa shape index (κ3) is 6.97. The van der Waals surface area contributed by atoms with E-state index in [1.165, 1.54) is 0 Å². The summed E-state index contributed by atoms with van der Waals surface area (Å²) < 4.78 is 5.05. The lowest BCUT2D eigenvalue weighted by molar-refractivity contribution is -0.116. The Morgan fingerprint density at radius 3 is 2.15 bits per heavy atom. The standard InChI is InChI=1S/C21H26N2O3/c1-21(2,3)23-20(25)26-15-7-10-19(24)22-18-13-11-17(12-14-18)16-8-5-4-6-9-16/h4-6,8-9,11-14H,7,10,15H2,1-3H3,(H,22,24)(H,23,25). The molecule has 0 aromatic heterocycles. The van der Waals surface area contributed by atoms with Crippen molar-refractivity contribution in [3.05, 3.63) is 54.6 Å². The van der Waals surface area contributed by atoms with E-state index in [4.69, 9.17) is 4.74 Å². The van der Waals surface area contributed by atoms with Gasteiger partial charge < -0.3 is 15.4 Å². The highest BCUT2D eigenvalue weighted by molar-refractivity contribution is 5.91. The fourth-order valence-corrected chi connectivity index (χ4v) is 2.34. The minimum atomic E-state index is -0.464. The number of hydrogen-bond acceptors (Lipinski definition) is 3. The van der Waals surface area contributed by atoms with Crippen molar-refractivity contribution in [1.29, 1.82) is 0 Å². The third-order valence-electron chi connectivity index (χ3n) is 3.53. The first kappa shape index (κ1) is 19.5. The van der Waals surface area contributed by atoms with Crippen LogP contribution >= 0.6 is 0 Å². The second-order valence-electron chi connectivity index (χ2n) is 7.11. The van der Waals surface area contributed by atoms with Gasteiger partial charge in [-0.15, -0.1) is 0 Å². The Bertz CT molecular complexity index is 719. The van der Waals surface area contributed by atoms with E-state index in [0.717, 1.165) is 16.8 Å². The maximum absolute atomic E-state index is 12.0. The lowest BCUT2D eigenvalue weighted by Crippen LogP contribution is -2.41. The Morgan fingerprint density at radius 2 is 1.54 bits per heavy atom. The van der Waals surface area contributed by atoms with Gasteiger partial charge in [-0.3, -0.25) is 4.79 Å². The molecule has 26 heavy (non-hydrogen) atoms. The molecule has 0 heterocycles. The van der Waals surface area contributed by atoms with Crippen molar-refractivity contribution in [1.82, 2.24) is 5.32 Å². The molecular weight excluding hydrogens is 328 g/mol. The molecular formula is C21H26N2O3. The van der Waals surface area contributed by atoms with Crippen LogP contribution in [0, 0.1) is 0 Å². The molecule has 0 unspecified atom stereocenters. The molecule has 2 aromatic rings. The number of carbonyl (C=O) groups is 2. The average Bonchev–Trinajstić information content (AvgIpc) is 2.59. The smallest absolute Gasteiger partial charge is 0.407 e. The number of anilines is 1. The Kier molecular flexibility index (Phi) is 6.78. The number of hydrogen-bond donors (Lipinski definition) is 2. The SMILES string of the molecule is CC(C)(C)NC(=O)OCCCC(=O)Nc1ccc(-c2ccccc2)cc1. The van der Waals surface area contributed by atoms with Gasteiger partial charge in [0.05, 0.1) is 6.61 Å². The molecule has 0 aliphatic carbocycles. The molecule has 0 saturated heterocycles. The first-order valence-corrected chi connectivity index (χ1v) is 8.74. The summed E-state index contributed by atoms with van der Waals surface area (Å²) in [6.07, 6.45) is 0.309. The highest BCUT2D eigenvalue weighted by Crippen LogP contribution is 2.21. The topological polar surface area (TPSA) is 67.4 Å². The molecule has 0 aliphatic rings. The number of rotatable bonds is 6. The largest absolute Gasteiger partial charge is 0.450 e. The van der Waals surface area contributed by atoms with E-state index >= 15 is 0 Å². The molecule has 0 bridgehead atoms. The van der Waals surface area contributed by atoms with Crippen molar-refractivity contribution in [2.45, 2.75) is 39.2 Å². The minimum Gasteiger partial charge on any atom is -0.450 e. The molecule has 5 heteroatoms. The van der Waals surface area contributed by atoms with Crippen LogP contribution in [0.4, 0.5) is 10.5 Å². The molecule has 138 valence electrons. The van der Waals surface area contributed by atoms with Crippen LogP contribution in [0.25, 0.3) is 11.1 Å². The van der Waals surface area contributed by atoms with Gasteiger partial charge in [-0.2, -0.15) is 0 Å². The summed E-state index contributed by atoms with van der Waals surface area (Å²) in [5.74, 6) is -0.0997. The van der Waals surface area contributed by atoms with Crippen molar-refractivity contribution in [2.75, 3.05) is 11.9 Å². The summed E-state index contributed by atoms with van der Waals surface area (Å²) in [5, 5.41) is 5.56. The average molecular weight is 354 g/mol. The normalized spacial score (nSPS) is 10.9. The Balaban J connectivity index is 1.72. The van der Waals surface area contributed by atoms with E-state index in [-0.39, 0.29) is 18.1 Å². The molecule has 2 amide bonds. The summed E-state index contributed by atoms with van der Waals surface area (Å²) in [7, 11) is 0. The number of amides is 2. The monoisotopic (exact) mass is 354 g/mol. The Hall–Kier alpha value is -2.82. The summed E-state index contributed by atoms with van der Waals surface area (Å²) >= 11 is 0. The fraction of sp³-hybridized carbons (Fsp3) is 0.333. The van der Waals surface area contributed by atoms with E-state index < -0.39 is 6.09 Å². The summed E-state index contributed by atoms with van der Waals surface area (Å²) in [6.45, 7) is 5.85. The van der Waals surface area contributed by atoms with Crippen molar-refractivity contribution in [3.8, 4) is 11.1 Å². The molecule has 0 atom stereocenters. The van der Waals surface area contributed by atoms with E-state index in [1.807, 2.05) is 75.4 Å². The number of ether oxygens (including phenoxy) is 1. The van der Waals surface area contributed by atoms with Crippen LogP contribution in [0.5, 0.6) is 0 Å². The van der Waals surface area contributed by atoms with Gasteiger partial charge in [-0.1, -0.05) is 42.5 Å². The van der Waals surface area contributed by atoms with Crippen LogP contribution in [0.1, 0.15) is 33.6 Å². The molecule has 0 fully saturated rings. The molecule has 0 saturated carbocycles. The number of alkyl carbamates (subject to hydrolysis) is 1. The van der Waals surface area contributed by atoms with Gasteiger partial charge in [0.25, 0.3) is 0 Å². The maximum Gasteiger partial charge on any atom is 0.407 e. The van der Waals surface area contributed by atoms with Gasteiger partial charge in [0.2, 0.25) is 5.91 Å². The highest BCUT2D eigenvalue weighted by atomic mass is 16.5. The van der Waals surface area contributed by atoms with Crippen molar-refractivity contribution < 1.29 is 14.3 Å². The van der Waals surface area contributed by atoms with Crippen LogP contribution in [0.15, 0.2) is 54.6 Å². The van der Waals surface area contributed by atoms with Gasteiger partial charge >= 0.3 is 6.09 Å². The lowest BCUT2D eigenvalue weighted by Gasteiger charge is -2.19. The van der Waals surface area contributed by atoms with Crippen molar-refractivity contribution in [2.24, 2.45) is 0 Å². The molecule has 2 rings (SSSR count). The lowest BCUT2D eigenvalue weighted by atomic mass is 10.1. The molecule has 0 radical (unpaired) electrons. The van der Waals surface area contributed by atoms with Gasteiger partial charge in [0.15, 0.2) is 0 Å². The van der Waals surface area contributed by atoms with E-state index in [2.05, 4.69) is 10.6 Å². The molecule has 0 aliphatic heterocycles. The number of nitrogens with one attached hydrogen (secondary N) is 2. The Labute approximate surface area is 154 Å². The van der Waals surface area contributed by atoms with E-state index in [0.29, 0.717) is 12.8 Å². The van der Waals surface area contributed by atoms with Gasteiger partial charge in [-0.25, -0.2) is 4.79 Å². The summed E-state index contributed by atoms with van der Waals surface area (Å²) in [5.41, 5.74) is 2.65. The van der Waals surface area contributed by atoms with Crippen LogP contribution in [-0.2, 0) is 9.53 Å². The van der Waals surface area contributed by atoms with Crippen molar-refractivity contribution in [3.63, 3.8) is 0 Å². The molecule has 5 nitrogen and oxygen atoms in total. The quantitative estimate of drug-likeness (QED) is 0.745. The molecule has 2 N–H and O–H groups in total. The van der Waals surface area contributed by atoms with Crippen LogP contribution in [0.2, 0.25) is 0 Å². The number of carbonyl (C=O) groups excluding carboxylic acids is 2. The van der Waals surface area contributed by atoms with E-state index in [9.17, 15) is 9.59 Å². The zero-order valence-corrected chi connectivity index (χ0v) is 15.5. The van der Waals surface area contributed by atoms with Crippen LogP contribution < -0.4 is 10.6 Å². The molecule has 2 aromatic carbocycles. The van der Waals surface area contributed by atoms with Crippen LogP contribution in [-0.4, -0.2) is 24.1 Å².